The molecule has 2 aromatic rings. The van der Waals surface area contributed by atoms with Gasteiger partial charge in [-0.2, -0.15) is 0 Å². The summed E-state index contributed by atoms with van der Waals surface area (Å²) in [6.07, 6.45) is 7.39. The molecule has 166 valence electrons. The van der Waals surface area contributed by atoms with Crippen molar-refractivity contribution in [2.24, 2.45) is 5.92 Å². The molecule has 0 radical (unpaired) electrons. The predicted octanol–water partition coefficient (Wildman–Crippen LogP) is 3.83. The van der Waals surface area contributed by atoms with E-state index in [0.717, 1.165) is 75.7 Å². The molecule has 1 aromatic carbocycles. The van der Waals surface area contributed by atoms with Crippen LogP contribution in [0.3, 0.4) is 0 Å². The summed E-state index contributed by atoms with van der Waals surface area (Å²) in [7, 11) is 1.73. The van der Waals surface area contributed by atoms with Gasteiger partial charge in [-0.1, -0.05) is 37.5 Å². The molecular weight excluding hydrogens is 387 g/mol. The van der Waals surface area contributed by atoms with Crippen LogP contribution in [0.4, 0.5) is 11.5 Å². The summed E-state index contributed by atoms with van der Waals surface area (Å²) in [4.78, 5) is 24.6. The van der Waals surface area contributed by atoms with Crippen molar-refractivity contribution in [2.45, 2.75) is 32.1 Å². The maximum Gasteiger partial charge on any atom is 0.231 e. The van der Waals surface area contributed by atoms with E-state index in [9.17, 15) is 4.79 Å². The Morgan fingerprint density at radius 1 is 1.03 bits per heavy atom. The SMILES string of the molecule is [11CH3]Oc1ccccc1N1CCN(CCN(C(=O)C2CCCCC2)c2ccccn2)CC1. The first kappa shape index (κ1) is 21.6. The van der Waals surface area contributed by atoms with E-state index in [1.54, 1.807) is 13.3 Å². The van der Waals surface area contributed by atoms with Crippen molar-refractivity contribution in [1.82, 2.24) is 9.88 Å². The highest BCUT2D eigenvalue weighted by molar-refractivity contribution is 5.94. The summed E-state index contributed by atoms with van der Waals surface area (Å²) in [6.45, 7) is 5.44. The van der Waals surface area contributed by atoms with E-state index in [1.807, 2.05) is 35.2 Å². The average Bonchev–Trinajstić information content (AvgIpc) is 2.85. The molecule has 1 saturated carbocycles. The monoisotopic (exact) mass is 421 g/mol. The van der Waals surface area contributed by atoms with Gasteiger partial charge in [0.25, 0.3) is 0 Å². The number of hydrogen-bond acceptors (Lipinski definition) is 5. The number of para-hydroxylation sites is 2. The van der Waals surface area contributed by atoms with Gasteiger partial charge in [-0.15, -0.1) is 0 Å². The van der Waals surface area contributed by atoms with Gasteiger partial charge in [-0.3, -0.25) is 14.6 Å². The number of amides is 1. The fraction of sp³-hybridized carbons (Fsp3) is 0.520. The lowest BCUT2D eigenvalue weighted by Gasteiger charge is -2.37. The van der Waals surface area contributed by atoms with Crippen molar-refractivity contribution in [1.29, 1.82) is 0 Å². The fourth-order valence-corrected chi connectivity index (χ4v) is 4.77. The summed E-state index contributed by atoms with van der Waals surface area (Å²) in [6, 6.07) is 14.0. The number of hydrogen-bond donors (Lipinski definition) is 0. The number of pyridine rings is 1. The van der Waals surface area contributed by atoms with Gasteiger partial charge >= 0.3 is 0 Å². The number of nitrogens with zero attached hydrogens (tertiary/aromatic N) is 4. The Morgan fingerprint density at radius 3 is 2.48 bits per heavy atom. The molecule has 0 N–H and O–H groups in total. The Kier molecular flexibility index (Phi) is 7.41. The Morgan fingerprint density at radius 2 is 1.77 bits per heavy atom. The molecule has 0 unspecified atom stereocenters. The molecule has 1 aromatic heterocycles. The number of piperazine rings is 1. The Bertz CT molecular complexity index is 830. The van der Waals surface area contributed by atoms with Crippen molar-refractivity contribution in [3.05, 3.63) is 48.7 Å². The second kappa shape index (κ2) is 10.6. The van der Waals surface area contributed by atoms with Gasteiger partial charge in [-0.05, 0) is 37.1 Å². The van der Waals surface area contributed by atoms with Crippen LogP contribution in [0.1, 0.15) is 32.1 Å². The van der Waals surface area contributed by atoms with Gasteiger partial charge in [0.05, 0.1) is 12.8 Å². The van der Waals surface area contributed by atoms with Crippen molar-refractivity contribution in [2.75, 3.05) is 56.2 Å². The van der Waals surface area contributed by atoms with Crippen LogP contribution in [-0.2, 0) is 4.79 Å². The van der Waals surface area contributed by atoms with Crippen molar-refractivity contribution < 1.29 is 9.53 Å². The molecule has 2 aliphatic rings. The zero-order valence-electron chi connectivity index (χ0n) is 18.6. The Labute approximate surface area is 185 Å². The number of carbonyl (C=O) groups is 1. The number of ether oxygens (including phenoxy) is 1. The lowest BCUT2D eigenvalue weighted by molar-refractivity contribution is -0.123. The third-order valence-electron chi connectivity index (χ3n) is 6.58. The third kappa shape index (κ3) is 5.37. The second-order valence-corrected chi connectivity index (χ2v) is 8.51. The normalized spacial score (nSPS) is 18.0. The highest BCUT2D eigenvalue weighted by Crippen LogP contribution is 2.29. The van der Waals surface area contributed by atoms with Crippen LogP contribution in [0.2, 0.25) is 0 Å². The zero-order valence-corrected chi connectivity index (χ0v) is 18.6. The first-order valence-electron chi connectivity index (χ1n) is 11.6. The minimum Gasteiger partial charge on any atom is -0.495 e. The summed E-state index contributed by atoms with van der Waals surface area (Å²) >= 11 is 0. The molecule has 2 fully saturated rings. The number of rotatable bonds is 7. The Hall–Kier alpha value is -2.60. The number of benzene rings is 1. The van der Waals surface area contributed by atoms with Gasteiger partial charge in [-0.25, -0.2) is 4.98 Å². The molecule has 2 heterocycles. The van der Waals surface area contributed by atoms with Gasteiger partial charge in [0.2, 0.25) is 5.91 Å². The van der Waals surface area contributed by atoms with Gasteiger partial charge in [0, 0.05) is 51.4 Å². The van der Waals surface area contributed by atoms with Crippen molar-refractivity contribution >= 4 is 17.4 Å². The Balaban J connectivity index is 1.36. The molecule has 0 spiro atoms. The molecule has 4 rings (SSSR count). The van der Waals surface area contributed by atoms with Crippen molar-refractivity contribution in [3.63, 3.8) is 0 Å². The van der Waals surface area contributed by atoms with Crippen LogP contribution in [0.25, 0.3) is 0 Å². The van der Waals surface area contributed by atoms with Gasteiger partial charge < -0.3 is 9.64 Å². The van der Waals surface area contributed by atoms with Crippen molar-refractivity contribution in [3.8, 4) is 5.75 Å². The van der Waals surface area contributed by atoms with Crippen LogP contribution in [0, 0.1) is 5.92 Å². The number of anilines is 2. The van der Waals surface area contributed by atoms with Gasteiger partial charge in [0.15, 0.2) is 0 Å². The smallest absolute Gasteiger partial charge is 0.231 e. The quantitative estimate of drug-likeness (QED) is 0.680. The van der Waals surface area contributed by atoms with E-state index in [4.69, 9.17) is 4.74 Å². The van der Waals surface area contributed by atoms with Crippen LogP contribution in [0.5, 0.6) is 5.75 Å². The number of carbonyl (C=O) groups excluding carboxylic acids is 1. The van der Waals surface area contributed by atoms with E-state index >= 15 is 0 Å². The highest BCUT2D eigenvalue weighted by atomic mass is 16.4. The molecule has 1 amide bonds. The molecule has 6 heteroatoms. The lowest BCUT2D eigenvalue weighted by Crippen LogP contribution is -2.50. The first-order valence-corrected chi connectivity index (χ1v) is 11.6. The van der Waals surface area contributed by atoms with E-state index in [0.29, 0.717) is 6.54 Å². The first-order chi connectivity index (χ1) is 15.3. The molecule has 1 aliphatic carbocycles. The molecule has 0 atom stereocenters. The summed E-state index contributed by atoms with van der Waals surface area (Å²) in [5, 5.41) is 0. The molecule has 31 heavy (non-hydrogen) atoms. The van der Waals surface area contributed by atoms with Crippen LogP contribution < -0.4 is 14.5 Å². The third-order valence-corrected chi connectivity index (χ3v) is 6.58. The topological polar surface area (TPSA) is 48.9 Å². The molecule has 1 saturated heterocycles. The van der Waals surface area contributed by atoms with E-state index in [-0.39, 0.29) is 11.8 Å². The molecular formula is C25H34N4O2. The number of methoxy groups -OCH3 is 1. The van der Waals surface area contributed by atoms with E-state index in [2.05, 4.69) is 26.9 Å². The summed E-state index contributed by atoms with van der Waals surface area (Å²) in [5.41, 5.74) is 1.16. The maximum atomic E-state index is 13.3. The minimum atomic E-state index is 0.151. The average molecular weight is 422 g/mol. The van der Waals surface area contributed by atoms with Crippen LogP contribution >= 0.6 is 0 Å². The number of aromatic nitrogens is 1. The fourth-order valence-electron chi connectivity index (χ4n) is 4.77. The maximum absolute atomic E-state index is 13.3. The summed E-state index contributed by atoms with van der Waals surface area (Å²) in [5.74, 6) is 2.12. The highest BCUT2D eigenvalue weighted by Gasteiger charge is 2.28. The van der Waals surface area contributed by atoms with E-state index < -0.39 is 0 Å². The van der Waals surface area contributed by atoms with Crippen LogP contribution in [0.15, 0.2) is 48.7 Å². The summed E-state index contributed by atoms with van der Waals surface area (Å²) < 4.78 is 5.53. The van der Waals surface area contributed by atoms with Crippen LogP contribution in [-0.4, -0.2) is 62.2 Å². The zero-order chi connectivity index (χ0) is 21.5. The standard InChI is InChI=1S/C25H34N4O2/c1-31-23-12-6-5-11-22(23)28-18-15-27(16-19-28)17-20-29(24-13-7-8-14-26-24)25(30)21-9-3-2-4-10-21/h5-8,11-14,21H,2-4,9-10,15-20H2,1H3/i1-1. The minimum absolute atomic E-state index is 0.151. The van der Waals surface area contributed by atoms with Gasteiger partial charge in [0.1, 0.15) is 11.6 Å². The molecule has 6 nitrogen and oxygen atoms in total. The predicted molar refractivity (Wildman–Crippen MR) is 125 cm³/mol. The molecule has 1 aliphatic heterocycles. The molecule has 0 bridgehead atoms. The lowest BCUT2D eigenvalue weighted by atomic mass is 9.88. The second-order valence-electron chi connectivity index (χ2n) is 8.51. The van der Waals surface area contributed by atoms with E-state index in [1.165, 1.54) is 6.42 Å². The largest absolute Gasteiger partial charge is 0.495 e.